The quantitative estimate of drug-likeness (QED) is 0.588. The first-order valence-electron chi connectivity index (χ1n) is 5.67. The first kappa shape index (κ1) is 14.8. The van der Waals surface area contributed by atoms with E-state index in [2.05, 4.69) is 31.9 Å². The van der Waals surface area contributed by atoms with Crippen molar-refractivity contribution in [2.24, 2.45) is 0 Å². The smallest absolute Gasteiger partial charge is 0.194 e. The molecule has 2 aromatic carbocycles. The van der Waals surface area contributed by atoms with Crippen molar-refractivity contribution in [1.29, 1.82) is 0 Å². The minimum Gasteiger partial charge on any atom is -0.289 e. The maximum atomic E-state index is 12.6. The van der Waals surface area contributed by atoms with Crippen molar-refractivity contribution in [3.05, 3.63) is 66.6 Å². The summed E-state index contributed by atoms with van der Waals surface area (Å²) < 4.78 is 1.70. The second kappa shape index (κ2) is 5.78. The van der Waals surface area contributed by atoms with E-state index in [1.54, 1.807) is 18.2 Å². The molecule has 98 valence electrons. The van der Waals surface area contributed by atoms with Crippen molar-refractivity contribution in [2.75, 3.05) is 0 Å². The van der Waals surface area contributed by atoms with Gasteiger partial charge in [-0.25, -0.2) is 0 Å². The zero-order valence-corrected chi connectivity index (χ0v) is 14.4. The molecule has 0 aliphatic carbocycles. The van der Waals surface area contributed by atoms with Crippen molar-refractivity contribution >= 4 is 49.2 Å². The van der Waals surface area contributed by atoms with E-state index in [1.165, 1.54) is 0 Å². The van der Waals surface area contributed by atoms with Gasteiger partial charge in [-0.1, -0.05) is 55.6 Å². The Morgan fingerprint density at radius 1 is 1.05 bits per heavy atom. The zero-order valence-electron chi connectivity index (χ0n) is 10.4. The summed E-state index contributed by atoms with van der Waals surface area (Å²) in [5.41, 5.74) is 3.13. The molecule has 0 amide bonds. The molecule has 0 aliphatic heterocycles. The molecule has 0 N–H and O–H groups in total. The van der Waals surface area contributed by atoms with Gasteiger partial charge in [0.25, 0.3) is 0 Å². The monoisotopic (exact) mass is 400 g/mol. The molecule has 0 radical (unpaired) electrons. The lowest BCUT2D eigenvalue weighted by Gasteiger charge is -2.10. The summed E-state index contributed by atoms with van der Waals surface area (Å²) >= 11 is 13.0. The van der Waals surface area contributed by atoms with Crippen LogP contribution in [0.3, 0.4) is 0 Å². The summed E-state index contributed by atoms with van der Waals surface area (Å²) in [5.74, 6) is -0.0347. The highest BCUT2D eigenvalue weighted by atomic mass is 79.9. The summed E-state index contributed by atoms with van der Waals surface area (Å²) in [6.45, 7) is 3.83. The van der Waals surface area contributed by atoms with Gasteiger partial charge in [0, 0.05) is 25.1 Å². The highest BCUT2D eigenvalue weighted by Gasteiger charge is 2.17. The van der Waals surface area contributed by atoms with Gasteiger partial charge in [-0.15, -0.1) is 0 Å². The first-order chi connectivity index (χ1) is 8.91. The summed E-state index contributed by atoms with van der Waals surface area (Å²) in [6, 6.07) is 9.14. The molecule has 2 rings (SSSR count). The Hall–Kier alpha value is -0.640. The predicted molar refractivity (Wildman–Crippen MR) is 86.2 cm³/mol. The van der Waals surface area contributed by atoms with Crippen molar-refractivity contribution < 1.29 is 4.79 Å². The van der Waals surface area contributed by atoms with Crippen molar-refractivity contribution in [3.63, 3.8) is 0 Å². The highest BCUT2D eigenvalue weighted by molar-refractivity contribution is 9.11. The molecular weight excluding hydrogens is 391 g/mol. The molecule has 0 unspecified atom stereocenters. The molecule has 0 bridgehead atoms. The minimum absolute atomic E-state index is 0.0347. The largest absolute Gasteiger partial charge is 0.289 e. The number of halogens is 3. The molecule has 0 fully saturated rings. The predicted octanol–water partition coefficient (Wildman–Crippen LogP) is 5.71. The minimum atomic E-state index is -0.0347. The van der Waals surface area contributed by atoms with Gasteiger partial charge in [-0.05, 0) is 43.2 Å². The highest BCUT2D eigenvalue weighted by Crippen LogP contribution is 2.29. The van der Waals surface area contributed by atoms with Crippen LogP contribution < -0.4 is 0 Å². The number of hydrogen-bond donors (Lipinski definition) is 0. The van der Waals surface area contributed by atoms with Crippen LogP contribution in [-0.2, 0) is 0 Å². The average Bonchev–Trinajstić information content (AvgIpc) is 2.36. The molecule has 0 spiro atoms. The Kier molecular flexibility index (Phi) is 4.49. The number of benzene rings is 2. The van der Waals surface area contributed by atoms with Crippen LogP contribution in [0, 0.1) is 13.8 Å². The Balaban J connectivity index is 2.56. The molecule has 19 heavy (non-hydrogen) atoms. The second-order valence-corrected chi connectivity index (χ2v) is 6.44. The lowest BCUT2D eigenvalue weighted by Crippen LogP contribution is -2.05. The summed E-state index contributed by atoms with van der Waals surface area (Å²) in [4.78, 5) is 12.6. The lowest BCUT2D eigenvalue weighted by atomic mass is 9.98. The molecule has 0 saturated carbocycles. The summed E-state index contributed by atoms with van der Waals surface area (Å²) in [7, 11) is 0. The van der Waals surface area contributed by atoms with Crippen molar-refractivity contribution in [2.45, 2.75) is 13.8 Å². The first-order valence-corrected chi connectivity index (χ1v) is 7.63. The van der Waals surface area contributed by atoms with Crippen molar-refractivity contribution in [3.8, 4) is 0 Å². The Morgan fingerprint density at radius 3 is 2.42 bits per heavy atom. The topological polar surface area (TPSA) is 17.1 Å². The van der Waals surface area contributed by atoms with E-state index in [4.69, 9.17) is 11.6 Å². The number of hydrogen-bond acceptors (Lipinski definition) is 1. The van der Waals surface area contributed by atoms with Crippen LogP contribution in [0.25, 0.3) is 0 Å². The van der Waals surface area contributed by atoms with Gasteiger partial charge in [0.2, 0.25) is 0 Å². The Bertz CT molecular complexity index is 665. The maximum absolute atomic E-state index is 12.6. The number of carbonyl (C=O) groups excluding carboxylic acids is 1. The number of rotatable bonds is 2. The number of ketones is 1. The van der Waals surface area contributed by atoms with Crippen LogP contribution in [0.5, 0.6) is 0 Å². The van der Waals surface area contributed by atoms with Crippen LogP contribution in [0.2, 0.25) is 5.02 Å². The van der Waals surface area contributed by atoms with Crippen LogP contribution in [0.1, 0.15) is 27.0 Å². The van der Waals surface area contributed by atoms with E-state index >= 15 is 0 Å². The molecule has 1 nitrogen and oxygen atoms in total. The zero-order chi connectivity index (χ0) is 14.2. The molecule has 0 atom stereocenters. The van der Waals surface area contributed by atoms with E-state index < -0.39 is 0 Å². The van der Waals surface area contributed by atoms with E-state index in [9.17, 15) is 4.79 Å². The molecule has 0 heterocycles. The lowest BCUT2D eigenvalue weighted by molar-refractivity contribution is 0.103. The summed E-state index contributed by atoms with van der Waals surface area (Å²) in [5, 5.41) is 0.605. The van der Waals surface area contributed by atoms with E-state index in [0.29, 0.717) is 16.1 Å². The van der Waals surface area contributed by atoms with Gasteiger partial charge < -0.3 is 0 Å². The van der Waals surface area contributed by atoms with Crippen molar-refractivity contribution in [1.82, 2.24) is 0 Å². The van der Waals surface area contributed by atoms with Crippen LogP contribution in [0.15, 0.2) is 39.3 Å². The SMILES string of the molecule is Cc1cc(Br)c(C(=O)c2cccc(Cl)c2C)cc1Br. The molecule has 0 aliphatic rings. The van der Waals surface area contributed by atoms with Gasteiger partial charge in [-0.2, -0.15) is 0 Å². The van der Waals surface area contributed by atoms with Gasteiger partial charge in [-0.3, -0.25) is 4.79 Å². The third kappa shape index (κ3) is 2.93. The Morgan fingerprint density at radius 2 is 1.74 bits per heavy atom. The van der Waals surface area contributed by atoms with E-state index in [-0.39, 0.29) is 5.78 Å². The average molecular weight is 403 g/mol. The van der Waals surface area contributed by atoms with Gasteiger partial charge in [0.15, 0.2) is 5.78 Å². The van der Waals surface area contributed by atoms with Gasteiger partial charge in [0.05, 0.1) is 0 Å². The molecule has 0 saturated heterocycles. The summed E-state index contributed by atoms with van der Waals surface area (Å²) in [6.07, 6.45) is 0. The normalized spacial score (nSPS) is 10.6. The van der Waals surface area contributed by atoms with Gasteiger partial charge >= 0.3 is 0 Å². The molecule has 2 aromatic rings. The second-order valence-electron chi connectivity index (χ2n) is 4.32. The molecular formula is C15H11Br2ClO. The maximum Gasteiger partial charge on any atom is 0.194 e. The fourth-order valence-corrected chi connectivity index (χ4v) is 2.97. The number of carbonyl (C=O) groups is 1. The number of aryl methyl sites for hydroxylation is 1. The third-order valence-electron chi connectivity index (χ3n) is 3.01. The van der Waals surface area contributed by atoms with Crippen LogP contribution in [0.4, 0.5) is 0 Å². The standard InChI is InChI=1S/C15H11Br2ClO/c1-8-6-13(17)11(7-12(8)16)15(19)10-4-3-5-14(18)9(10)2/h3-7H,1-2H3. The fraction of sp³-hybridized carbons (Fsp3) is 0.133. The fourth-order valence-electron chi connectivity index (χ4n) is 1.82. The van der Waals surface area contributed by atoms with E-state index in [0.717, 1.165) is 20.1 Å². The molecule has 0 aromatic heterocycles. The van der Waals surface area contributed by atoms with Gasteiger partial charge in [0.1, 0.15) is 0 Å². The molecule has 4 heteroatoms. The van der Waals surface area contributed by atoms with Crippen LogP contribution >= 0.6 is 43.5 Å². The Labute approximate surface area is 134 Å². The van der Waals surface area contributed by atoms with Crippen LogP contribution in [-0.4, -0.2) is 5.78 Å². The third-order valence-corrected chi connectivity index (χ3v) is 4.93. The van der Waals surface area contributed by atoms with E-state index in [1.807, 2.05) is 26.0 Å².